The van der Waals surface area contributed by atoms with Gasteiger partial charge in [-0.1, -0.05) is 12.1 Å². The first-order valence-corrected chi connectivity index (χ1v) is 7.66. The molecule has 1 N–H and O–H groups in total. The van der Waals surface area contributed by atoms with Crippen molar-refractivity contribution in [1.82, 2.24) is 9.62 Å². The first-order chi connectivity index (χ1) is 9.51. The molecular formula is C13H19N3O3S. The molecule has 0 spiro atoms. The normalized spacial score (nSPS) is 11.5. The topological polar surface area (TPSA) is 82.4 Å². The third-order valence-electron chi connectivity index (χ3n) is 2.76. The van der Waals surface area contributed by atoms with Gasteiger partial charge in [-0.3, -0.25) is 0 Å². The molecule has 0 aliphatic rings. The number of methoxy groups -OCH3 is 1. The van der Waals surface area contributed by atoms with E-state index < -0.39 is 10.0 Å². The van der Waals surface area contributed by atoms with Crippen LogP contribution in [0.3, 0.4) is 0 Å². The van der Waals surface area contributed by atoms with Crippen LogP contribution in [0, 0.1) is 11.3 Å². The van der Waals surface area contributed by atoms with E-state index in [2.05, 4.69) is 4.72 Å². The number of nitrogens with one attached hydrogen (secondary N) is 1. The van der Waals surface area contributed by atoms with Crippen LogP contribution >= 0.6 is 0 Å². The molecule has 110 valence electrons. The fourth-order valence-electron chi connectivity index (χ4n) is 1.60. The zero-order chi connectivity index (χ0) is 15.0. The van der Waals surface area contributed by atoms with Crippen LogP contribution in [0.1, 0.15) is 5.56 Å². The first-order valence-electron chi connectivity index (χ1n) is 6.17. The minimum atomic E-state index is -3.65. The lowest BCUT2D eigenvalue weighted by atomic mass is 10.2. The Hall–Kier alpha value is -1.46. The molecule has 0 aliphatic carbocycles. The summed E-state index contributed by atoms with van der Waals surface area (Å²) in [4.78, 5) is 1.98. The highest BCUT2D eigenvalue weighted by Crippen LogP contribution is 2.13. The Bertz CT molecular complexity index is 566. The Balaban J connectivity index is 2.61. The van der Waals surface area contributed by atoms with Gasteiger partial charge in [0.25, 0.3) is 0 Å². The van der Waals surface area contributed by atoms with Crippen molar-refractivity contribution in [2.75, 3.05) is 40.4 Å². The van der Waals surface area contributed by atoms with E-state index in [0.717, 1.165) is 6.54 Å². The van der Waals surface area contributed by atoms with Crippen molar-refractivity contribution in [2.24, 2.45) is 0 Å². The van der Waals surface area contributed by atoms with Crippen molar-refractivity contribution in [2.45, 2.75) is 4.90 Å². The van der Waals surface area contributed by atoms with Gasteiger partial charge in [-0.2, -0.15) is 5.26 Å². The van der Waals surface area contributed by atoms with Crippen molar-refractivity contribution in [3.8, 4) is 6.07 Å². The van der Waals surface area contributed by atoms with E-state index in [-0.39, 0.29) is 17.0 Å². The van der Waals surface area contributed by atoms with Gasteiger partial charge in [0.15, 0.2) is 0 Å². The van der Waals surface area contributed by atoms with Crippen LogP contribution in [-0.4, -0.2) is 53.7 Å². The summed E-state index contributed by atoms with van der Waals surface area (Å²) in [5, 5.41) is 8.93. The SMILES string of the molecule is COCCN(C)CCNS(=O)(=O)c1ccccc1C#N. The maximum Gasteiger partial charge on any atom is 0.241 e. The van der Waals surface area contributed by atoms with E-state index in [1.807, 2.05) is 18.0 Å². The predicted molar refractivity (Wildman–Crippen MR) is 75.7 cm³/mol. The number of sulfonamides is 1. The minimum Gasteiger partial charge on any atom is -0.383 e. The highest BCUT2D eigenvalue weighted by Gasteiger charge is 2.17. The maximum atomic E-state index is 12.1. The van der Waals surface area contributed by atoms with Gasteiger partial charge in [0, 0.05) is 26.7 Å². The summed E-state index contributed by atoms with van der Waals surface area (Å²) in [5.74, 6) is 0. The second-order valence-corrected chi connectivity index (χ2v) is 6.04. The van der Waals surface area contributed by atoms with Crippen LogP contribution in [0.4, 0.5) is 0 Å². The quantitative estimate of drug-likeness (QED) is 0.751. The van der Waals surface area contributed by atoms with E-state index in [4.69, 9.17) is 10.00 Å². The van der Waals surface area contributed by atoms with E-state index in [9.17, 15) is 8.42 Å². The second-order valence-electron chi connectivity index (χ2n) is 4.30. The number of nitrogens with zero attached hydrogens (tertiary/aromatic N) is 2. The van der Waals surface area contributed by atoms with E-state index >= 15 is 0 Å². The Labute approximate surface area is 120 Å². The molecule has 0 atom stereocenters. The maximum absolute atomic E-state index is 12.1. The molecule has 0 aliphatic heterocycles. The Morgan fingerprint density at radius 2 is 2.05 bits per heavy atom. The summed E-state index contributed by atoms with van der Waals surface area (Å²) in [5.41, 5.74) is 0.146. The Kier molecular flexibility index (Phi) is 6.61. The molecule has 0 unspecified atom stereocenters. The molecule has 20 heavy (non-hydrogen) atoms. The van der Waals surface area contributed by atoms with Crippen LogP contribution in [0.25, 0.3) is 0 Å². The van der Waals surface area contributed by atoms with Crippen LogP contribution in [0.15, 0.2) is 29.2 Å². The van der Waals surface area contributed by atoms with Gasteiger partial charge in [-0.15, -0.1) is 0 Å². The van der Waals surface area contributed by atoms with Gasteiger partial charge in [0.1, 0.15) is 6.07 Å². The average molecular weight is 297 g/mol. The molecule has 0 radical (unpaired) electrons. The van der Waals surface area contributed by atoms with Gasteiger partial charge in [0.05, 0.1) is 17.1 Å². The van der Waals surface area contributed by atoms with Gasteiger partial charge >= 0.3 is 0 Å². The Morgan fingerprint density at radius 1 is 1.35 bits per heavy atom. The number of likely N-dealkylation sites (N-methyl/N-ethyl adjacent to an activating group) is 1. The third-order valence-corrected chi connectivity index (χ3v) is 4.28. The molecule has 0 aromatic heterocycles. The molecule has 0 heterocycles. The monoisotopic (exact) mass is 297 g/mol. The van der Waals surface area contributed by atoms with Crippen LogP contribution in [-0.2, 0) is 14.8 Å². The zero-order valence-electron chi connectivity index (χ0n) is 11.7. The van der Waals surface area contributed by atoms with Crippen LogP contribution in [0.2, 0.25) is 0 Å². The lowest BCUT2D eigenvalue weighted by Crippen LogP contribution is -2.34. The van der Waals surface area contributed by atoms with Gasteiger partial charge in [-0.25, -0.2) is 13.1 Å². The van der Waals surface area contributed by atoms with Crippen molar-refractivity contribution in [3.05, 3.63) is 29.8 Å². The standard InChI is InChI=1S/C13H19N3O3S/c1-16(9-10-19-2)8-7-15-20(17,18)13-6-4-3-5-12(13)11-14/h3-6,15H,7-10H2,1-2H3. The smallest absolute Gasteiger partial charge is 0.241 e. The number of benzene rings is 1. The second kappa shape index (κ2) is 7.97. The minimum absolute atomic E-state index is 0.0158. The molecule has 1 aromatic carbocycles. The van der Waals surface area contributed by atoms with Gasteiger partial charge in [-0.05, 0) is 19.2 Å². The lowest BCUT2D eigenvalue weighted by molar-refractivity contribution is 0.162. The van der Waals surface area contributed by atoms with Crippen molar-refractivity contribution >= 4 is 10.0 Å². The number of ether oxygens (including phenoxy) is 1. The van der Waals surface area contributed by atoms with Crippen molar-refractivity contribution in [3.63, 3.8) is 0 Å². The largest absolute Gasteiger partial charge is 0.383 e. The Morgan fingerprint density at radius 3 is 2.70 bits per heavy atom. The molecular weight excluding hydrogens is 278 g/mol. The van der Waals surface area contributed by atoms with E-state index in [1.165, 1.54) is 12.1 Å². The lowest BCUT2D eigenvalue weighted by Gasteiger charge is -2.16. The van der Waals surface area contributed by atoms with E-state index in [1.54, 1.807) is 19.2 Å². The summed E-state index contributed by atoms with van der Waals surface area (Å²) in [6.07, 6.45) is 0. The highest BCUT2D eigenvalue weighted by molar-refractivity contribution is 7.89. The van der Waals surface area contributed by atoms with Gasteiger partial charge < -0.3 is 9.64 Å². The first kappa shape index (κ1) is 16.6. The molecule has 0 bridgehead atoms. The fourth-order valence-corrected chi connectivity index (χ4v) is 2.78. The molecule has 7 heteroatoms. The molecule has 1 rings (SSSR count). The number of rotatable bonds is 8. The number of hydrogen-bond acceptors (Lipinski definition) is 5. The van der Waals surface area contributed by atoms with Crippen molar-refractivity contribution < 1.29 is 13.2 Å². The molecule has 0 fully saturated rings. The number of hydrogen-bond donors (Lipinski definition) is 1. The average Bonchev–Trinajstić information content (AvgIpc) is 2.44. The predicted octanol–water partition coefficient (Wildman–Crippen LogP) is 0.415. The summed E-state index contributed by atoms with van der Waals surface area (Å²) in [7, 11) is -0.144. The molecule has 1 aromatic rings. The molecule has 0 amide bonds. The number of nitriles is 1. The van der Waals surface area contributed by atoms with E-state index in [0.29, 0.717) is 13.2 Å². The molecule has 0 saturated carbocycles. The fraction of sp³-hybridized carbons (Fsp3) is 0.462. The van der Waals surface area contributed by atoms with Crippen LogP contribution < -0.4 is 4.72 Å². The summed E-state index contributed by atoms with van der Waals surface area (Å²) in [6.45, 7) is 2.17. The third kappa shape index (κ3) is 4.90. The molecule has 6 nitrogen and oxygen atoms in total. The highest BCUT2D eigenvalue weighted by atomic mass is 32.2. The molecule has 0 saturated heterocycles. The zero-order valence-corrected chi connectivity index (χ0v) is 12.5. The summed E-state index contributed by atoms with van der Waals surface area (Å²) < 4.78 is 31.6. The van der Waals surface area contributed by atoms with Crippen LogP contribution in [0.5, 0.6) is 0 Å². The van der Waals surface area contributed by atoms with Crippen molar-refractivity contribution in [1.29, 1.82) is 5.26 Å². The summed E-state index contributed by atoms with van der Waals surface area (Å²) >= 11 is 0. The van der Waals surface area contributed by atoms with Gasteiger partial charge in [0.2, 0.25) is 10.0 Å². The summed E-state index contributed by atoms with van der Waals surface area (Å²) in [6, 6.07) is 8.03.